The van der Waals surface area contributed by atoms with E-state index in [0.717, 1.165) is 17.4 Å². The molecule has 0 radical (unpaired) electrons. The van der Waals surface area contributed by atoms with E-state index in [1.165, 1.54) is 24.9 Å². The summed E-state index contributed by atoms with van der Waals surface area (Å²) in [6.07, 6.45) is 0. The summed E-state index contributed by atoms with van der Waals surface area (Å²) in [4.78, 5) is 28.4. The lowest BCUT2D eigenvalue weighted by molar-refractivity contribution is -0.141. The van der Waals surface area contributed by atoms with E-state index >= 15 is 0 Å². The summed E-state index contributed by atoms with van der Waals surface area (Å²) in [5, 5.41) is 0. The van der Waals surface area contributed by atoms with Crippen molar-refractivity contribution >= 4 is 33.4 Å². The first kappa shape index (κ1) is 18.7. The molecule has 27 heavy (non-hydrogen) atoms. The molecule has 140 valence electrons. The second kappa shape index (κ2) is 7.67. The highest BCUT2D eigenvalue weighted by Gasteiger charge is 2.17. The van der Waals surface area contributed by atoms with E-state index < -0.39 is 23.5 Å². The molecular formula is C18H14F2N2O4S. The zero-order valence-corrected chi connectivity index (χ0v) is 15.2. The Morgan fingerprint density at radius 3 is 2.63 bits per heavy atom. The molecule has 0 saturated carbocycles. The number of hydrogen-bond acceptors (Lipinski definition) is 5. The monoisotopic (exact) mass is 392 g/mol. The van der Waals surface area contributed by atoms with Crippen molar-refractivity contribution in [3.8, 4) is 5.75 Å². The number of hydrogen-bond donors (Lipinski definition) is 0. The van der Waals surface area contributed by atoms with E-state index in [-0.39, 0.29) is 27.1 Å². The van der Waals surface area contributed by atoms with Gasteiger partial charge in [-0.05, 0) is 18.2 Å². The topological polar surface area (TPSA) is 69.9 Å². The molecule has 0 aliphatic heterocycles. The number of carbonyl (C=O) groups excluding carboxylic acids is 2. The van der Waals surface area contributed by atoms with E-state index in [1.807, 2.05) is 0 Å². The van der Waals surface area contributed by atoms with Crippen LogP contribution < -0.4 is 9.54 Å². The zero-order chi connectivity index (χ0) is 19.6. The number of fused-ring (bicyclic) bond motifs is 1. The molecule has 0 bridgehead atoms. The van der Waals surface area contributed by atoms with Crippen LogP contribution in [0.3, 0.4) is 0 Å². The van der Waals surface area contributed by atoms with Gasteiger partial charge in [0.05, 0.1) is 30.0 Å². The zero-order valence-electron chi connectivity index (χ0n) is 14.4. The molecule has 9 heteroatoms. The maximum Gasteiger partial charge on any atom is 0.325 e. The van der Waals surface area contributed by atoms with Crippen molar-refractivity contribution in [2.75, 3.05) is 14.2 Å². The van der Waals surface area contributed by atoms with Gasteiger partial charge in [0.2, 0.25) is 0 Å². The summed E-state index contributed by atoms with van der Waals surface area (Å²) < 4.78 is 39.0. The molecule has 3 aromatic rings. The van der Waals surface area contributed by atoms with Crippen molar-refractivity contribution in [1.29, 1.82) is 0 Å². The number of ether oxygens (including phenoxy) is 2. The molecule has 1 amide bonds. The van der Waals surface area contributed by atoms with Crippen LogP contribution in [0.15, 0.2) is 41.4 Å². The second-order valence-electron chi connectivity index (χ2n) is 5.40. The van der Waals surface area contributed by atoms with Crippen molar-refractivity contribution in [1.82, 2.24) is 4.57 Å². The maximum atomic E-state index is 14.3. The lowest BCUT2D eigenvalue weighted by Crippen LogP contribution is -2.23. The Bertz CT molecular complexity index is 1100. The van der Waals surface area contributed by atoms with Gasteiger partial charge in [-0.1, -0.05) is 23.5 Å². The largest absolute Gasteiger partial charge is 0.496 e. The van der Waals surface area contributed by atoms with E-state index in [2.05, 4.69) is 9.73 Å². The molecule has 2 aromatic carbocycles. The van der Waals surface area contributed by atoms with Gasteiger partial charge in [-0.15, -0.1) is 0 Å². The number of rotatable bonds is 4. The SMILES string of the molecule is COC(=O)Cn1c(=NC(=O)c2ccccc2OC)sc2cc(F)cc(F)c21. The number of benzene rings is 2. The first-order valence-electron chi connectivity index (χ1n) is 7.72. The number of aromatic nitrogens is 1. The molecule has 0 aliphatic rings. The molecule has 0 atom stereocenters. The molecule has 0 N–H and O–H groups in total. The van der Waals surface area contributed by atoms with Gasteiger partial charge < -0.3 is 14.0 Å². The van der Waals surface area contributed by atoms with Crippen LogP contribution in [-0.4, -0.2) is 30.7 Å². The number of amides is 1. The van der Waals surface area contributed by atoms with Crippen LogP contribution >= 0.6 is 11.3 Å². The van der Waals surface area contributed by atoms with Crippen LogP contribution in [0.25, 0.3) is 10.2 Å². The minimum absolute atomic E-state index is 0.0293. The lowest BCUT2D eigenvalue weighted by atomic mass is 10.2. The standard InChI is InChI=1S/C18H14F2N2O4S/c1-25-13-6-4-3-5-11(13)17(24)21-18-22(9-15(23)26-2)16-12(20)7-10(19)8-14(16)27-18/h3-8H,9H2,1-2H3. The Kier molecular flexibility index (Phi) is 5.31. The summed E-state index contributed by atoms with van der Waals surface area (Å²) in [5.41, 5.74) is 0.173. The Morgan fingerprint density at radius 1 is 1.19 bits per heavy atom. The van der Waals surface area contributed by atoms with Crippen LogP contribution in [0, 0.1) is 11.6 Å². The van der Waals surface area contributed by atoms with Crippen LogP contribution in [-0.2, 0) is 16.1 Å². The van der Waals surface area contributed by atoms with Crippen LogP contribution in [0.2, 0.25) is 0 Å². The third-order valence-corrected chi connectivity index (χ3v) is 4.77. The van der Waals surface area contributed by atoms with Gasteiger partial charge in [0.25, 0.3) is 5.91 Å². The minimum Gasteiger partial charge on any atom is -0.496 e. The molecule has 1 aromatic heterocycles. The van der Waals surface area contributed by atoms with Gasteiger partial charge >= 0.3 is 5.97 Å². The van der Waals surface area contributed by atoms with Crippen molar-refractivity contribution in [2.24, 2.45) is 4.99 Å². The molecular weight excluding hydrogens is 378 g/mol. The molecule has 0 unspecified atom stereocenters. The first-order valence-corrected chi connectivity index (χ1v) is 8.53. The highest BCUT2D eigenvalue weighted by molar-refractivity contribution is 7.16. The number of para-hydroxylation sites is 1. The summed E-state index contributed by atoms with van der Waals surface area (Å²) >= 11 is 0.888. The summed E-state index contributed by atoms with van der Waals surface area (Å²) in [5.74, 6) is -2.61. The van der Waals surface area contributed by atoms with Crippen molar-refractivity contribution in [3.05, 3.63) is 58.4 Å². The summed E-state index contributed by atoms with van der Waals surface area (Å²) in [7, 11) is 2.60. The van der Waals surface area contributed by atoms with Gasteiger partial charge in [0.15, 0.2) is 10.6 Å². The number of carbonyl (C=O) groups is 2. The Hall–Kier alpha value is -3.07. The van der Waals surface area contributed by atoms with Gasteiger partial charge in [-0.2, -0.15) is 4.99 Å². The number of halogens is 2. The summed E-state index contributed by atoms with van der Waals surface area (Å²) in [6.45, 7) is -0.378. The first-order chi connectivity index (χ1) is 12.9. The minimum atomic E-state index is -0.864. The molecule has 6 nitrogen and oxygen atoms in total. The van der Waals surface area contributed by atoms with Crippen LogP contribution in [0.5, 0.6) is 5.75 Å². The maximum absolute atomic E-state index is 14.3. The van der Waals surface area contributed by atoms with Crippen LogP contribution in [0.1, 0.15) is 10.4 Å². The number of nitrogens with zero attached hydrogens (tertiary/aromatic N) is 2. The lowest BCUT2D eigenvalue weighted by Gasteiger charge is -2.05. The number of esters is 1. The van der Waals surface area contributed by atoms with Gasteiger partial charge in [0.1, 0.15) is 18.1 Å². The van der Waals surface area contributed by atoms with E-state index in [1.54, 1.807) is 18.2 Å². The van der Waals surface area contributed by atoms with Gasteiger partial charge in [0, 0.05) is 6.07 Å². The smallest absolute Gasteiger partial charge is 0.325 e. The Balaban J connectivity index is 2.22. The number of methoxy groups -OCH3 is 2. The molecule has 0 aliphatic carbocycles. The predicted molar refractivity (Wildman–Crippen MR) is 94.6 cm³/mol. The number of thiazole rings is 1. The fourth-order valence-electron chi connectivity index (χ4n) is 2.52. The van der Waals surface area contributed by atoms with Crippen molar-refractivity contribution < 1.29 is 27.8 Å². The van der Waals surface area contributed by atoms with Crippen molar-refractivity contribution in [3.63, 3.8) is 0 Å². The third-order valence-electron chi connectivity index (χ3n) is 3.74. The Labute approximate surface area is 156 Å². The summed E-state index contributed by atoms with van der Waals surface area (Å²) in [6, 6.07) is 8.30. The van der Waals surface area contributed by atoms with Crippen LogP contribution in [0.4, 0.5) is 8.78 Å². The average Bonchev–Trinajstić information content (AvgIpc) is 2.98. The van der Waals surface area contributed by atoms with Gasteiger partial charge in [-0.25, -0.2) is 8.78 Å². The fraction of sp³-hybridized carbons (Fsp3) is 0.167. The van der Waals surface area contributed by atoms with E-state index in [0.29, 0.717) is 11.8 Å². The van der Waals surface area contributed by atoms with E-state index in [9.17, 15) is 18.4 Å². The molecule has 3 rings (SSSR count). The average molecular weight is 392 g/mol. The molecule has 0 saturated heterocycles. The molecule has 0 spiro atoms. The second-order valence-corrected chi connectivity index (χ2v) is 6.41. The highest BCUT2D eigenvalue weighted by Crippen LogP contribution is 2.23. The van der Waals surface area contributed by atoms with E-state index in [4.69, 9.17) is 4.74 Å². The van der Waals surface area contributed by atoms with Crippen molar-refractivity contribution in [2.45, 2.75) is 6.54 Å². The molecule has 1 heterocycles. The Morgan fingerprint density at radius 2 is 1.93 bits per heavy atom. The molecule has 0 fully saturated rings. The third kappa shape index (κ3) is 3.72. The quantitative estimate of drug-likeness (QED) is 0.640. The normalized spacial score (nSPS) is 11.6. The fourth-order valence-corrected chi connectivity index (χ4v) is 3.59. The van der Waals surface area contributed by atoms with Gasteiger partial charge in [-0.3, -0.25) is 9.59 Å². The highest BCUT2D eigenvalue weighted by atomic mass is 32.1. The predicted octanol–water partition coefficient (Wildman–Crippen LogP) is 2.90.